The highest BCUT2D eigenvalue weighted by Crippen LogP contribution is 2.15. The average molecular weight is 290 g/mol. The van der Waals surface area contributed by atoms with Crippen molar-refractivity contribution in [1.82, 2.24) is 10.3 Å². The van der Waals surface area contributed by atoms with Crippen LogP contribution in [0.5, 0.6) is 0 Å². The Balaban J connectivity index is 2.18. The Morgan fingerprint density at radius 2 is 1.95 bits per heavy atom. The van der Waals surface area contributed by atoms with Gasteiger partial charge in [-0.05, 0) is 23.8 Å². The molecule has 2 aromatic rings. The number of aromatic nitrogens is 1. The van der Waals surface area contributed by atoms with Gasteiger partial charge < -0.3 is 5.32 Å². The predicted octanol–water partition coefficient (Wildman–Crippen LogP) is 1.42. The summed E-state index contributed by atoms with van der Waals surface area (Å²) in [7, 11) is -3.43. The minimum atomic E-state index is -3.43. The highest BCUT2D eigenvalue weighted by Gasteiger charge is 2.17. The van der Waals surface area contributed by atoms with Crippen LogP contribution >= 0.6 is 0 Å². The molecular weight excluding hydrogens is 276 g/mol. The van der Waals surface area contributed by atoms with Crippen molar-refractivity contribution in [3.8, 4) is 0 Å². The van der Waals surface area contributed by atoms with E-state index in [0.29, 0.717) is 6.54 Å². The van der Waals surface area contributed by atoms with Crippen molar-refractivity contribution >= 4 is 15.7 Å². The maximum Gasteiger partial charge on any atom is 0.252 e. The van der Waals surface area contributed by atoms with E-state index in [1.165, 1.54) is 12.1 Å². The molecule has 0 aliphatic rings. The zero-order valence-corrected chi connectivity index (χ0v) is 11.7. The fourth-order valence-electron chi connectivity index (χ4n) is 1.76. The van der Waals surface area contributed by atoms with Gasteiger partial charge in [-0.3, -0.25) is 9.78 Å². The van der Waals surface area contributed by atoms with Crippen LogP contribution in [0.2, 0.25) is 0 Å². The van der Waals surface area contributed by atoms with E-state index in [-0.39, 0.29) is 10.5 Å². The zero-order chi connectivity index (χ0) is 14.6. The van der Waals surface area contributed by atoms with Gasteiger partial charge in [-0.1, -0.05) is 18.2 Å². The first-order valence-corrected chi connectivity index (χ1v) is 7.84. The molecule has 0 spiro atoms. The summed E-state index contributed by atoms with van der Waals surface area (Å²) >= 11 is 0. The van der Waals surface area contributed by atoms with Gasteiger partial charge in [0.15, 0.2) is 9.84 Å². The van der Waals surface area contributed by atoms with E-state index >= 15 is 0 Å². The molecule has 0 aliphatic heterocycles. The van der Waals surface area contributed by atoms with Gasteiger partial charge in [0.1, 0.15) is 0 Å². The van der Waals surface area contributed by atoms with Crippen molar-refractivity contribution in [2.24, 2.45) is 0 Å². The molecule has 0 bridgehead atoms. The topological polar surface area (TPSA) is 76.1 Å². The van der Waals surface area contributed by atoms with Gasteiger partial charge in [-0.2, -0.15) is 0 Å². The first-order chi connectivity index (χ1) is 9.48. The van der Waals surface area contributed by atoms with Gasteiger partial charge in [0.2, 0.25) is 0 Å². The van der Waals surface area contributed by atoms with Gasteiger partial charge in [0.05, 0.1) is 10.5 Å². The Morgan fingerprint density at radius 3 is 2.60 bits per heavy atom. The van der Waals surface area contributed by atoms with Gasteiger partial charge in [-0.25, -0.2) is 8.42 Å². The molecule has 0 radical (unpaired) electrons. The van der Waals surface area contributed by atoms with Crippen molar-refractivity contribution in [3.63, 3.8) is 0 Å². The molecule has 104 valence electrons. The fourth-order valence-corrected chi connectivity index (χ4v) is 2.64. The molecule has 1 heterocycles. The van der Waals surface area contributed by atoms with E-state index in [2.05, 4.69) is 10.3 Å². The number of pyridine rings is 1. The second-order valence-electron chi connectivity index (χ2n) is 4.31. The van der Waals surface area contributed by atoms with Crippen molar-refractivity contribution in [3.05, 3.63) is 59.9 Å². The molecule has 0 aliphatic carbocycles. The average Bonchev–Trinajstić information content (AvgIpc) is 2.45. The third kappa shape index (κ3) is 3.42. The normalized spacial score (nSPS) is 11.1. The number of hydrogen-bond donors (Lipinski definition) is 1. The molecular formula is C14H14N2O3S. The molecule has 5 nitrogen and oxygen atoms in total. The molecule has 1 amide bonds. The maximum absolute atomic E-state index is 12.1. The van der Waals surface area contributed by atoms with Gasteiger partial charge in [0.25, 0.3) is 5.91 Å². The lowest BCUT2D eigenvalue weighted by atomic mass is 10.2. The lowest BCUT2D eigenvalue weighted by Crippen LogP contribution is -2.24. The molecule has 0 saturated carbocycles. The number of nitrogens with zero attached hydrogens (tertiary/aromatic N) is 1. The van der Waals surface area contributed by atoms with E-state index in [1.807, 2.05) is 6.07 Å². The summed E-state index contributed by atoms with van der Waals surface area (Å²) in [6, 6.07) is 9.74. The molecule has 0 fully saturated rings. The third-order valence-corrected chi connectivity index (χ3v) is 3.86. The minimum absolute atomic E-state index is 0.0312. The summed E-state index contributed by atoms with van der Waals surface area (Å²) in [5.74, 6) is -0.421. The Bertz CT molecular complexity index is 712. The summed E-state index contributed by atoms with van der Waals surface area (Å²) in [5, 5.41) is 2.68. The Kier molecular flexibility index (Phi) is 4.14. The van der Waals surface area contributed by atoms with Crippen molar-refractivity contribution < 1.29 is 13.2 Å². The van der Waals surface area contributed by atoms with Crippen LogP contribution in [0, 0.1) is 0 Å². The number of amides is 1. The first kappa shape index (κ1) is 14.2. The quantitative estimate of drug-likeness (QED) is 0.924. The van der Waals surface area contributed by atoms with Crippen LogP contribution in [0.3, 0.4) is 0 Å². The van der Waals surface area contributed by atoms with Crippen LogP contribution in [0.15, 0.2) is 53.7 Å². The van der Waals surface area contributed by atoms with Crippen LogP contribution in [0.4, 0.5) is 0 Å². The Labute approximate surface area is 117 Å². The summed E-state index contributed by atoms with van der Waals surface area (Å²) in [5.41, 5.74) is 0.997. The van der Waals surface area contributed by atoms with Crippen molar-refractivity contribution in [1.29, 1.82) is 0 Å². The second-order valence-corrected chi connectivity index (χ2v) is 6.30. The Morgan fingerprint density at radius 1 is 1.20 bits per heavy atom. The number of hydrogen-bond acceptors (Lipinski definition) is 4. The molecule has 20 heavy (non-hydrogen) atoms. The van der Waals surface area contributed by atoms with E-state index in [0.717, 1.165) is 11.8 Å². The van der Waals surface area contributed by atoms with Crippen LogP contribution < -0.4 is 5.32 Å². The van der Waals surface area contributed by atoms with Crippen molar-refractivity contribution in [2.45, 2.75) is 11.4 Å². The van der Waals surface area contributed by atoms with Crippen molar-refractivity contribution in [2.75, 3.05) is 6.26 Å². The highest BCUT2D eigenvalue weighted by atomic mass is 32.2. The van der Waals surface area contributed by atoms with Gasteiger partial charge >= 0.3 is 0 Å². The standard InChI is InChI=1S/C14H14N2O3S/c1-20(18,19)13-7-3-2-6-12(13)14(17)16-10-11-5-4-8-15-9-11/h2-9H,10H2,1H3,(H,16,17). The van der Waals surface area contributed by atoms with Gasteiger partial charge in [0, 0.05) is 25.2 Å². The molecule has 0 atom stereocenters. The third-order valence-electron chi connectivity index (χ3n) is 2.71. The lowest BCUT2D eigenvalue weighted by molar-refractivity contribution is 0.0947. The Hall–Kier alpha value is -2.21. The second kappa shape index (κ2) is 5.83. The number of sulfone groups is 1. The van der Waals surface area contributed by atoms with E-state index < -0.39 is 15.7 Å². The fraction of sp³-hybridized carbons (Fsp3) is 0.143. The van der Waals surface area contributed by atoms with Crippen LogP contribution in [-0.2, 0) is 16.4 Å². The number of carbonyl (C=O) groups is 1. The van der Waals surface area contributed by atoms with Crippen LogP contribution in [0.25, 0.3) is 0 Å². The first-order valence-electron chi connectivity index (χ1n) is 5.94. The summed E-state index contributed by atoms with van der Waals surface area (Å²) in [6.45, 7) is 0.296. The number of carbonyl (C=O) groups excluding carboxylic acids is 1. The van der Waals surface area contributed by atoms with E-state index in [9.17, 15) is 13.2 Å². The maximum atomic E-state index is 12.1. The smallest absolute Gasteiger partial charge is 0.252 e. The molecule has 0 unspecified atom stereocenters. The van der Waals surface area contributed by atoms with Gasteiger partial charge in [-0.15, -0.1) is 0 Å². The molecule has 1 N–H and O–H groups in total. The number of nitrogens with one attached hydrogen (secondary N) is 1. The number of benzene rings is 1. The van der Waals surface area contributed by atoms with Crippen LogP contribution in [0.1, 0.15) is 15.9 Å². The van der Waals surface area contributed by atoms with Crippen LogP contribution in [-0.4, -0.2) is 25.6 Å². The highest BCUT2D eigenvalue weighted by molar-refractivity contribution is 7.90. The largest absolute Gasteiger partial charge is 0.348 e. The molecule has 6 heteroatoms. The lowest BCUT2D eigenvalue weighted by Gasteiger charge is -2.08. The number of rotatable bonds is 4. The SMILES string of the molecule is CS(=O)(=O)c1ccccc1C(=O)NCc1cccnc1. The zero-order valence-electron chi connectivity index (χ0n) is 10.9. The van der Waals surface area contributed by atoms with E-state index in [4.69, 9.17) is 0 Å². The molecule has 1 aromatic heterocycles. The predicted molar refractivity (Wildman–Crippen MR) is 75.0 cm³/mol. The molecule has 1 aromatic carbocycles. The molecule has 0 saturated heterocycles. The van der Waals surface area contributed by atoms with E-state index in [1.54, 1.807) is 30.6 Å². The summed E-state index contributed by atoms with van der Waals surface area (Å²) in [4.78, 5) is 16.1. The molecule has 2 rings (SSSR count). The summed E-state index contributed by atoms with van der Waals surface area (Å²) < 4.78 is 23.3. The monoisotopic (exact) mass is 290 g/mol. The minimum Gasteiger partial charge on any atom is -0.348 e. The summed E-state index contributed by atoms with van der Waals surface area (Å²) in [6.07, 6.45) is 4.37.